The summed E-state index contributed by atoms with van der Waals surface area (Å²) >= 11 is 1.62. The second-order valence-electron chi connectivity index (χ2n) is 5.48. The quantitative estimate of drug-likeness (QED) is 0.665. The number of rotatable bonds is 7. The second-order valence-corrected chi connectivity index (χ2v) is 6.36. The molecule has 21 heavy (non-hydrogen) atoms. The van der Waals surface area contributed by atoms with Crippen molar-refractivity contribution in [2.24, 2.45) is 17.6 Å². The van der Waals surface area contributed by atoms with Gasteiger partial charge in [0.05, 0.1) is 5.92 Å². The minimum atomic E-state index is -1.46. The van der Waals surface area contributed by atoms with Crippen LogP contribution in [0.25, 0.3) is 0 Å². The Kier molecular flexibility index (Phi) is 4.58. The number of aryl methyl sites for hydroxylation is 1. The van der Waals surface area contributed by atoms with Crippen molar-refractivity contribution in [3.05, 3.63) is 29.8 Å². The van der Waals surface area contributed by atoms with Crippen LogP contribution in [0.3, 0.4) is 0 Å². The van der Waals surface area contributed by atoms with Crippen molar-refractivity contribution >= 4 is 23.7 Å². The Morgan fingerprint density at radius 2 is 2.14 bits per heavy atom. The first-order valence-electron chi connectivity index (χ1n) is 6.76. The molecular formula is C15H19NO4S. The number of thioether (sulfide) groups is 1. The van der Waals surface area contributed by atoms with Gasteiger partial charge in [-0.25, -0.2) is 0 Å². The molecule has 0 amide bonds. The fourth-order valence-electron chi connectivity index (χ4n) is 2.67. The van der Waals surface area contributed by atoms with Gasteiger partial charge in [0.15, 0.2) is 0 Å². The molecule has 0 radical (unpaired) electrons. The normalized spacial score (nSPS) is 23.3. The number of benzene rings is 1. The van der Waals surface area contributed by atoms with Crippen molar-refractivity contribution in [2.45, 2.75) is 29.7 Å². The summed E-state index contributed by atoms with van der Waals surface area (Å²) in [5, 5.41) is 18.4. The molecule has 3 atom stereocenters. The number of carbonyl (C=O) groups is 2. The van der Waals surface area contributed by atoms with Crippen molar-refractivity contribution in [3.63, 3.8) is 0 Å². The van der Waals surface area contributed by atoms with Gasteiger partial charge in [-0.1, -0.05) is 12.1 Å². The summed E-state index contributed by atoms with van der Waals surface area (Å²) in [5.74, 6) is -3.17. The molecule has 1 fully saturated rings. The van der Waals surface area contributed by atoms with E-state index >= 15 is 0 Å². The smallest absolute Gasteiger partial charge is 0.324 e. The van der Waals surface area contributed by atoms with E-state index in [-0.39, 0.29) is 6.42 Å². The molecule has 1 aromatic rings. The lowest BCUT2D eigenvalue weighted by Crippen LogP contribution is -2.51. The van der Waals surface area contributed by atoms with E-state index in [1.54, 1.807) is 11.8 Å². The minimum absolute atomic E-state index is 0.245. The molecule has 1 saturated carbocycles. The lowest BCUT2D eigenvalue weighted by Gasteiger charge is -2.25. The van der Waals surface area contributed by atoms with Crippen LogP contribution in [0.1, 0.15) is 18.4 Å². The van der Waals surface area contributed by atoms with Gasteiger partial charge in [-0.05, 0) is 43.2 Å². The Morgan fingerprint density at radius 3 is 2.67 bits per heavy atom. The first kappa shape index (κ1) is 15.9. The molecule has 0 aliphatic heterocycles. The second kappa shape index (κ2) is 6.07. The lowest BCUT2D eigenvalue weighted by molar-refractivity contribution is -0.145. The highest BCUT2D eigenvalue weighted by molar-refractivity contribution is 7.98. The zero-order chi connectivity index (χ0) is 15.6. The summed E-state index contributed by atoms with van der Waals surface area (Å²) in [7, 11) is 0. The van der Waals surface area contributed by atoms with E-state index in [1.165, 1.54) is 0 Å². The van der Waals surface area contributed by atoms with E-state index in [0.717, 1.165) is 10.5 Å². The van der Waals surface area contributed by atoms with Gasteiger partial charge in [0.1, 0.15) is 5.54 Å². The Hall–Kier alpha value is -1.53. The summed E-state index contributed by atoms with van der Waals surface area (Å²) < 4.78 is 0. The molecule has 1 unspecified atom stereocenters. The summed E-state index contributed by atoms with van der Waals surface area (Å²) in [4.78, 5) is 23.6. The van der Waals surface area contributed by atoms with E-state index in [0.29, 0.717) is 12.8 Å². The SMILES string of the molecule is CSc1cccc(CC[C@](N)(C(=O)O)C2C[C@@H]2C(=O)O)c1. The standard InChI is InChI=1S/C15H19NO4S/c1-21-10-4-2-3-9(7-10)5-6-15(16,14(19)20)12-8-11(12)13(17)18/h2-4,7,11-12H,5-6,8,16H2,1H3,(H,17,18)(H,19,20)/t11-,12?,15+/m0/s1. The first-order valence-corrected chi connectivity index (χ1v) is 7.99. The van der Waals surface area contributed by atoms with Gasteiger partial charge in [0.25, 0.3) is 0 Å². The van der Waals surface area contributed by atoms with Gasteiger partial charge in [0.2, 0.25) is 0 Å². The van der Waals surface area contributed by atoms with E-state index in [4.69, 9.17) is 10.8 Å². The van der Waals surface area contributed by atoms with Crippen molar-refractivity contribution in [3.8, 4) is 0 Å². The van der Waals surface area contributed by atoms with E-state index in [2.05, 4.69) is 0 Å². The highest BCUT2D eigenvalue weighted by atomic mass is 32.2. The fraction of sp³-hybridized carbons (Fsp3) is 0.467. The van der Waals surface area contributed by atoms with Gasteiger partial charge in [-0.15, -0.1) is 11.8 Å². The number of hydrogen-bond donors (Lipinski definition) is 3. The Balaban J connectivity index is 2.07. The van der Waals surface area contributed by atoms with Crippen LogP contribution in [0.4, 0.5) is 0 Å². The zero-order valence-electron chi connectivity index (χ0n) is 11.8. The Labute approximate surface area is 127 Å². The number of carboxylic acids is 2. The average Bonchev–Trinajstić information content (AvgIpc) is 3.26. The van der Waals surface area contributed by atoms with Crippen molar-refractivity contribution in [2.75, 3.05) is 6.26 Å². The van der Waals surface area contributed by atoms with Gasteiger partial charge in [-0.3, -0.25) is 9.59 Å². The molecule has 0 bridgehead atoms. The molecule has 6 heteroatoms. The number of carboxylic acid groups (broad SMARTS) is 2. The number of aliphatic carboxylic acids is 2. The molecule has 114 valence electrons. The molecule has 1 aromatic carbocycles. The largest absolute Gasteiger partial charge is 0.481 e. The summed E-state index contributed by atoms with van der Waals surface area (Å²) in [6.45, 7) is 0. The van der Waals surface area contributed by atoms with Gasteiger partial charge < -0.3 is 15.9 Å². The summed E-state index contributed by atoms with van der Waals surface area (Å²) in [6, 6.07) is 7.86. The number of nitrogens with two attached hydrogens (primary N) is 1. The lowest BCUT2D eigenvalue weighted by atomic mass is 9.86. The number of hydrogen-bond acceptors (Lipinski definition) is 4. The Bertz CT molecular complexity index is 562. The zero-order valence-corrected chi connectivity index (χ0v) is 12.6. The maximum atomic E-state index is 11.5. The van der Waals surface area contributed by atoms with Crippen molar-refractivity contribution in [1.29, 1.82) is 0 Å². The van der Waals surface area contributed by atoms with Crippen LogP contribution in [-0.4, -0.2) is 33.9 Å². The van der Waals surface area contributed by atoms with Crippen LogP contribution in [0, 0.1) is 11.8 Å². The molecule has 1 aliphatic rings. The fourth-order valence-corrected chi connectivity index (χ4v) is 3.15. The molecule has 1 aliphatic carbocycles. The van der Waals surface area contributed by atoms with Gasteiger partial charge >= 0.3 is 11.9 Å². The predicted molar refractivity (Wildman–Crippen MR) is 80.3 cm³/mol. The van der Waals surface area contributed by atoms with Gasteiger partial charge in [-0.2, -0.15) is 0 Å². The third-order valence-electron chi connectivity index (χ3n) is 4.13. The molecule has 4 N–H and O–H groups in total. The van der Waals surface area contributed by atoms with Crippen molar-refractivity contribution < 1.29 is 19.8 Å². The van der Waals surface area contributed by atoms with E-state index in [9.17, 15) is 14.7 Å². The molecule has 0 heterocycles. The van der Waals surface area contributed by atoms with Crippen LogP contribution < -0.4 is 5.73 Å². The maximum Gasteiger partial charge on any atom is 0.324 e. The summed E-state index contributed by atoms with van der Waals surface area (Å²) in [6.07, 6.45) is 3.10. The van der Waals surface area contributed by atoms with Crippen LogP contribution in [0.2, 0.25) is 0 Å². The van der Waals surface area contributed by atoms with Crippen LogP contribution in [-0.2, 0) is 16.0 Å². The van der Waals surface area contributed by atoms with E-state index < -0.39 is 29.3 Å². The third kappa shape index (κ3) is 3.39. The average molecular weight is 309 g/mol. The highest BCUT2D eigenvalue weighted by Crippen LogP contribution is 2.47. The maximum absolute atomic E-state index is 11.5. The monoisotopic (exact) mass is 309 g/mol. The topological polar surface area (TPSA) is 101 Å². The van der Waals surface area contributed by atoms with Crippen LogP contribution >= 0.6 is 11.8 Å². The Morgan fingerprint density at radius 1 is 1.43 bits per heavy atom. The molecule has 2 rings (SSSR count). The van der Waals surface area contributed by atoms with Crippen LogP contribution in [0.15, 0.2) is 29.2 Å². The summed E-state index contributed by atoms with van der Waals surface area (Å²) in [5.41, 5.74) is 5.58. The van der Waals surface area contributed by atoms with Crippen LogP contribution in [0.5, 0.6) is 0 Å². The van der Waals surface area contributed by atoms with Gasteiger partial charge in [0, 0.05) is 10.8 Å². The first-order chi connectivity index (χ1) is 9.88. The highest BCUT2D eigenvalue weighted by Gasteiger charge is 2.57. The molecule has 5 nitrogen and oxygen atoms in total. The minimum Gasteiger partial charge on any atom is -0.481 e. The molecule has 0 aromatic heterocycles. The molecule has 0 saturated heterocycles. The molecular weight excluding hydrogens is 290 g/mol. The predicted octanol–water partition coefficient (Wildman–Crippen LogP) is 1.84. The molecule has 0 spiro atoms. The van der Waals surface area contributed by atoms with E-state index in [1.807, 2.05) is 30.5 Å². The van der Waals surface area contributed by atoms with Crippen molar-refractivity contribution in [1.82, 2.24) is 0 Å². The third-order valence-corrected chi connectivity index (χ3v) is 4.85.